The van der Waals surface area contributed by atoms with Gasteiger partial charge in [0.25, 0.3) is 5.91 Å². The SMILES string of the molecule is Nc1c(-c2ccc(F)cc2)nsc1C(=O)NC[C@@H]1CCCO1. The number of hydrogen-bond donors (Lipinski definition) is 2. The summed E-state index contributed by atoms with van der Waals surface area (Å²) in [4.78, 5) is 12.6. The van der Waals surface area contributed by atoms with Crippen molar-refractivity contribution in [2.75, 3.05) is 18.9 Å². The highest BCUT2D eigenvalue weighted by Gasteiger charge is 2.21. The first-order valence-corrected chi connectivity index (χ1v) is 7.83. The van der Waals surface area contributed by atoms with Gasteiger partial charge in [0.2, 0.25) is 0 Å². The summed E-state index contributed by atoms with van der Waals surface area (Å²) in [6.45, 7) is 1.22. The average Bonchev–Trinajstić information content (AvgIpc) is 3.15. The van der Waals surface area contributed by atoms with E-state index in [2.05, 4.69) is 9.69 Å². The Kier molecular flexibility index (Phi) is 4.35. The lowest BCUT2D eigenvalue weighted by atomic mass is 10.1. The van der Waals surface area contributed by atoms with Crippen LogP contribution in [0.3, 0.4) is 0 Å². The van der Waals surface area contributed by atoms with Crippen molar-refractivity contribution < 1.29 is 13.9 Å². The molecule has 2 heterocycles. The third-order valence-electron chi connectivity index (χ3n) is 3.57. The fourth-order valence-electron chi connectivity index (χ4n) is 2.37. The van der Waals surface area contributed by atoms with E-state index in [9.17, 15) is 9.18 Å². The van der Waals surface area contributed by atoms with E-state index in [-0.39, 0.29) is 17.8 Å². The Morgan fingerprint density at radius 3 is 2.91 bits per heavy atom. The lowest BCUT2D eigenvalue weighted by molar-refractivity contribution is 0.0861. The summed E-state index contributed by atoms with van der Waals surface area (Å²) in [7, 11) is 0. The summed E-state index contributed by atoms with van der Waals surface area (Å²) in [5.41, 5.74) is 7.54. The third-order valence-corrected chi connectivity index (χ3v) is 4.43. The van der Waals surface area contributed by atoms with Crippen LogP contribution in [0.2, 0.25) is 0 Å². The van der Waals surface area contributed by atoms with Crippen molar-refractivity contribution in [3.8, 4) is 11.3 Å². The normalized spacial score (nSPS) is 17.6. The Morgan fingerprint density at radius 1 is 1.45 bits per heavy atom. The van der Waals surface area contributed by atoms with E-state index < -0.39 is 0 Å². The fraction of sp³-hybridized carbons (Fsp3) is 0.333. The van der Waals surface area contributed by atoms with Gasteiger partial charge >= 0.3 is 0 Å². The number of nitrogen functional groups attached to an aromatic ring is 1. The zero-order valence-electron chi connectivity index (χ0n) is 11.8. The van der Waals surface area contributed by atoms with Crippen LogP contribution in [0.25, 0.3) is 11.3 Å². The Labute approximate surface area is 131 Å². The molecule has 1 aliphatic heterocycles. The molecular formula is C15H16FN3O2S. The minimum atomic E-state index is -0.327. The number of hydrogen-bond acceptors (Lipinski definition) is 5. The maximum Gasteiger partial charge on any atom is 0.265 e. The number of nitrogens with one attached hydrogen (secondary N) is 1. The summed E-state index contributed by atoms with van der Waals surface area (Å²) < 4.78 is 22.6. The molecule has 0 aliphatic carbocycles. The largest absolute Gasteiger partial charge is 0.396 e. The van der Waals surface area contributed by atoms with Crippen molar-refractivity contribution >= 4 is 23.1 Å². The van der Waals surface area contributed by atoms with Crippen molar-refractivity contribution in [1.29, 1.82) is 0 Å². The number of carbonyl (C=O) groups excluding carboxylic acids is 1. The Morgan fingerprint density at radius 2 is 2.23 bits per heavy atom. The van der Waals surface area contributed by atoms with Gasteiger partial charge < -0.3 is 15.8 Å². The Balaban J connectivity index is 1.72. The third kappa shape index (κ3) is 3.10. The van der Waals surface area contributed by atoms with Gasteiger partial charge in [-0.1, -0.05) is 0 Å². The van der Waals surface area contributed by atoms with E-state index in [1.54, 1.807) is 12.1 Å². The van der Waals surface area contributed by atoms with Crippen LogP contribution in [0.4, 0.5) is 10.1 Å². The lowest BCUT2D eigenvalue weighted by Crippen LogP contribution is -2.31. The zero-order chi connectivity index (χ0) is 15.5. The molecule has 1 aliphatic rings. The molecule has 3 rings (SSSR count). The van der Waals surface area contributed by atoms with Gasteiger partial charge in [-0.3, -0.25) is 4.79 Å². The van der Waals surface area contributed by atoms with Crippen molar-refractivity contribution in [2.45, 2.75) is 18.9 Å². The monoisotopic (exact) mass is 321 g/mol. The van der Waals surface area contributed by atoms with Gasteiger partial charge in [0, 0.05) is 18.7 Å². The van der Waals surface area contributed by atoms with E-state index in [0.717, 1.165) is 31.0 Å². The average molecular weight is 321 g/mol. The molecule has 1 aromatic carbocycles. The van der Waals surface area contributed by atoms with Gasteiger partial charge in [-0.25, -0.2) is 4.39 Å². The molecule has 1 amide bonds. The zero-order valence-corrected chi connectivity index (χ0v) is 12.7. The standard InChI is InChI=1S/C15H16FN3O2S/c16-10-5-3-9(4-6-10)13-12(17)14(22-19-13)15(20)18-8-11-2-1-7-21-11/h3-6,11H,1-2,7-8,17H2,(H,18,20)/t11-/m0/s1. The van der Waals surface area contributed by atoms with Crippen LogP contribution >= 0.6 is 11.5 Å². The van der Waals surface area contributed by atoms with E-state index in [0.29, 0.717) is 28.4 Å². The van der Waals surface area contributed by atoms with Crippen molar-refractivity contribution in [1.82, 2.24) is 9.69 Å². The smallest absolute Gasteiger partial charge is 0.265 e. The fourth-order valence-corrected chi connectivity index (χ4v) is 3.11. The first kappa shape index (κ1) is 14.9. The van der Waals surface area contributed by atoms with Gasteiger partial charge in [-0.05, 0) is 48.6 Å². The molecule has 0 radical (unpaired) electrons. The number of rotatable bonds is 4. The number of halogens is 1. The van der Waals surface area contributed by atoms with E-state index in [4.69, 9.17) is 10.5 Å². The second kappa shape index (κ2) is 6.41. The highest BCUT2D eigenvalue weighted by Crippen LogP contribution is 2.30. The minimum Gasteiger partial charge on any atom is -0.396 e. The molecule has 1 atom stereocenters. The van der Waals surface area contributed by atoms with Crippen LogP contribution in [0.15, 0.2) is 24.3 Å². The lowest BCUT2D eigenvalue weighted by Gasteiger charge is -2.10. The molecule has 0 saturated carbocycles. The van der Waals surface area contributed by atoms with Gasteiger partial charge in [0.05, 0.1) is 11.8 Å². The predicted molar refractivity (Wildman–Crippen MR) is 83.2 cm³/mol. The van der Waals surface area contributed by atoms with E-state index in [1.165, 1.54) is 12.1 Å². The van der Waals surface area contributed by atoms with Crippen molar-refractivity contribution in [3.05, 3.63) is 35.0 Å². The first-order valence-electron chi connectivity index (χ1n) is 7.06. The molecule has 5 nitrogen and oxygen atoms in total. The quantitative estimate of drug-likeness (QED) is 0.907. The van der Waals surface area contributed by atoms with Crippen LogP contribution in [-0.2, 0) is 4.74 Å². The molecule has 116 valence electrons. The molecule has 22 heavy (non-hydrogen) atoms. The molecule has 1 fully saturated rings. The van der Waals surface area contributed by atoms with E-state index in [1.807, 2.05) is 0 Å². The molecular weight excluding hydrogens is 305 g/mol. The van der Waals surface area contributed by atoms with Gasteiger partial charge in [-0.15, -0.1) is 0 Å². The Hall–Kier alpha value is -1.99. The van der Waals surface area contributed by atoms with Crippen LogP contribution in [0.1, 0.15) is 22.5 Å². The van der Waals surface area contributed by atoms with Crippen molar-refractivity contribution in [3.63, 3.8) is 0 Å². The second-order valence-corrected chi connectivity index (χ2v) is 5.90. The highest BCUT2D eigenvalue weighted by atomic mass is 32.1. The first-order chi connectivity index (χ1) is 10.6. The van der Waals surface area contributed by atoms with Crippen molar-refractivity contribution in [2.24, 2.45) is 0 Å². The number of ether oxygens (including phenoxy) is 1. The molecule has 0 unspecified atom stereocenters. The maximum atomic E-state index is 13.0. The van der Waals surface area contributed by atoms with Crippen LogP contribution < -0.4 is 11.1 Å². The molecule has 7 heteroatoms. The number of nitrogens with zero attached hydrogens (tertiary/aromatic N) is 1. The predicted octanol–water partition coefficient (Wildman–Crippen LogP) is 2.44. The molecule has 2 aromatic rings. The summed E-state index contributed by atoms with van der Waals surface area (Å²) in [6.07, 6.45) is 2.06. The number of anilines is 1. The summed E-state index contributed by atoms with van der Waals surface area (Å²) in [5, 5.41) is 2.82. The maximum absolute atomic E-state index is 13.0. The molecule has 1 aromatic heterocycles. The van der Waals surface area contributed by atoms with Crippen LogP contribution in [-0.4, -0.2) is 29.5 Å². The number of nitrogens with two attached hydrogens (primary N) is 1. The topological polar surface area (TPSA) is 77.2 Å². The van der Waals surface area contributed by atoms with Gasteiger partial charge in [0.15, 0.2) is 0 Å². The summed E-state index contributed by atoms with van der Waals surface area (Å²) in [5.74, 6) is -0.578. The molecule has 3 N–H and O–H groups in total. The molecule has 0 spiro atoms. The summed E-state index contributed by atoms with van der Waals surface area (Å²) >= 11 is 1.04. The van der Waals surface area contributed by atoms with Gasteiger partial charge in [0.1, 0.15) is 16.4 Å². The van der Waals surface area contributed by atoms with Gasteiger partial charge in [-0.2, -0.15) is 4.37 Å². The van der Waals surface area contributed by atoms with Crippen LogP contribution in [0.5, 0.6) is 0 Å². The summed E-state index contributed by atoms with van der Waals surface area (Å²) in [6, 6.07) is 5.86. The molecule has 1 saturated heterocycles. The number of aromatic nitrogens is 1. The van der Waals surface area contributed by atoms with Crippen LogP contribution in [0, 0.1) is 5.82 Å². The number of benzene rings is 1. The number of carbonyl (C=O) groups is 1. The highest BCUT2D eigenvalue weighted by molar-refractivity contribution is 7.09. The molecule has 0 bridgehead atoms. The minimum absolute atomic E-state index is 0.0784. The Bertz CT molecular complexity index is 666. The van der Waals surface area contributed by atoms with E-state index >= 15 is 0 Å². The number of amides is 1. The second-order valence-electron chi connectivity index (χ2n) is 5.13.